The summed E-state index contributed by atoms with van der Waals surface area (Å²) in [4.78, 5) is 0. The highest BCUT2D eigenvalue weighted by Gasteiger charge is 2.02. The minimum atomic E-state index is -3.46. The lowest BCUT2D eigenvalue weighted by Crippen LogP contribution is -2.21. The van der Waals surface area contributed by atoms with E-state index in [9.17, 15) is 8.42 Å². The summed E-state index contributed by atoms with van der Waals surface area (Å²) in [6, 6.07) is 11.8. The lowest BCUT2D eigenvalue weighted by molar-refractivity contribution is 0.111. The smallest absolute Gasteiger partial charge is 0.211 e. The molecule has 2 N–H and O–H groups in total. The van der Waals surface area contributed by atoms with Gasteiger partial charge in [0.2, 0.25) is 10.0 Å². The Morgan fingerprint density at radius 3 is 2.48 bits per heavy atom. The van der Waals surface area contributed by atoms with Crippen molar-refractivity contribution >= 4 is 36.7 Å². The molecule has 0 aliphatic rings. The van der Waals surface area contributed by atoms with Gasteiger partial charge in [-0.3, -0.25) is 0 Å². The second-order valence-corrected chi connectivity index (χ2v) is 7.13. The number of hydrogen-bond donors (Lipinski definition) is 1. The molecule has 5 nitrogen and oxygen atoms in total. The summed E-state index contributed by atoms with van der Waals surface area (Å²) in [6.07, 6.45) is 0. The molecule has 2 aromatic carbocycles. The quantitative estimate of drug-likeness (QED) is 0.755. The van der Waals surface area contributed by atoms with Gasteiger partial charge in [0.15, 0.2) is 0 Å². The van der Waals surface area contributed by atoms with Crippen molar-refractivity contribution in [2.45, 2.75) is 0 Å². The number of hydrogen-bond acceptors (Lipinski definition) is 4. The Morgan fingerprint density at radius 1 is 1.00 bits per heavy atom. The topological polar surface area (TPSA) is 78.6 Å². The van der Waals surface area contributed by atoms with Gasteiger partial charge < -0.3 is 9.47 Å². The summed E-state index contributed by atoms with van der Waals surface area (Å²) < 4.78 is 33.1. The summed E-state index contributed by atoms with van der Waals surface area (Å²) >= 11 is 3.43. The molecule has 0 spiro atoms. The molecule has 7 heteroatoms. The van der Waals surface area contributed by atoms with E-state index in [1.165, 1.54) is 0 Å². The predicted molar refractivity (Wildman–Crippen MR) is 85.9 cm³/mol. The molecule has 0 amide bonds. The van der Waals surface area contributed by atoms with Gasteiger partial charge in [0, 0.05) is 4.47 Å². The molecule has 0 bridgehead atoms. The SMILES string of the molecule is NS(=O)(=O)CCOCCOc1ccc2cc(Br)ccc2c1. The van der Waals surface area contributed by atoms with Crippen molar-refractivity contribution in [3.05, 3.63) is 40.9 Å². The lowest BCUT2D eigenvalue weighted by Gasteiger charge is -2.08. The Bertz CT molecular complexity index is 718. The molecule has 114 valence electrons. The molecule has 2 aromatic rings. The summed E-state index contributed by atoms with van der Waals surface area (Å²) in [7, 11) is -3.46. The third-order valence-electron chi connectivity index (χ3n) is 2.78. The van der Waals surface area contributed by atoms with Crippen molar-refractivity contribution in [1.29, 1.82) is 0 Å². The maximum absolute atomic E-state index is 10.7. The van der Waals surface area contributed by atoms with E-state index in [0.29, 0.717) is 13.2 Å². The van der Waals surface area contributed by atoms with Crippen LogP contribution < -0.4 is 9.88 Å². The Labute approximate surface area is 132 Å². The fourth-order valence-electron chi connectivity index (χ4n) is 1.78. The molecule has 0 fully saturated rings. The van der Waals surface area contributed by atoms with Crippen molar-refractivity contribution in [3.8, 4) is 5.75 Å². The van der Waals surface area contributed by atoms with E-state index < -0.39 is 10.0 Å². The third kappa shape index (κ3) is 5.62. The Balaban J connectivity index is 1.80. The van der Waals surface area contributed by atoms with E-state index in [1.54, 1.807) is 0 Å². The maximum atomic E-state index is 10.7. The summed E-state index contributed by atoms with van der Waals surface area (Å²) in [5, 5.41) is 7.08. The van der Waals surface area contributed by atoms with Crippen molar-refractivity contribution in [2.24, 2.45) is 5.14 Å². The number of nitrogens with two attached hydrogens (primary N) is 1. The molecule has 0 aliphatic carbocycles. The fraction of sp³-hybridized carbons (Fsp3) is 0.286. The average Bonchev–Trinajstić information content (AvgIpc) is 2.41. The van der Waals surface area contributed by atoms with Gasteiger partial charge in [-0.05, 0) is 35.0 Å². The van der Waals surface area contributed by atoms with Crippen LogP contribution in [0, 0.1) is 0 Å². The number of primary sulfonamides is 1. The minimum absolute atomic E-state index is 0.0773. The standard InChI is InChI=1S/C14H16BrNO4S/c15-13-3-1-12-10-14(4-2-11(12)9-13)20-6-5-19-7-8-21(16,17)18/h1-4,9-10H,5-8H2,(H2,16,17,18). The van der Waals surface area contributed by atoms with Gasteiger partial charge in [-0.25, -0.2) is 13.6 Å². The molecule has 0 atom stereocenters. The first-order valence-corrected chi connectivity index (χ1v) is 8.85. The van der Waals surface area contributed by atoms with Crippen LogP contribution in [0.2, 0.25) is 0 Å². The van der Waals surface area contributed by atoms with E-state index >= 15 is 0 Å². The van der Waals surface area contributed by atoms with E-state index in [0.717, 1.165) is 21.0 Å². The van der Waals surface area contributed by atoms with Crippen LogP contribution in [-0.2, 0) is 14.8 Å². The maximum Gasteiger partial charge on any atom is 0.211 e. The van der Waals surface area contributed by atoms with Gasteiger partial charge in [0.05, 0.1) is 19.0 Å². The third-order valence-corrected chi connectivity index (χ3v) is 4.01. The number of ether oxygens (including phenoxy) is 2. The van der Waals surface area contributed by atoms with Gasteiger partial charge in [0.1, 0.15) is 12.4 Å². The zero-order valence-electron chi connectivity index (χ0n) is 11.3. The van der Waals surface area contributed by atoms with E-state index in [-0.39, 0.29) is 12.4 Å². The molecule has 0 unspecified atom stereocenters. The first kappa shape index (κ1) is 16.2. The van der Waals surface area contributed by atoms with Crippen molar-refractivity contribution in [2.75, 3.05) is 25.6 Å². The van der Waals surface area contributed by atoms with Crippen molar-refractivity contribution in [1.82, 2.24) is 0 Å². The largest absolute Gasteiger partial charge is 0.491 e. The summed E-state index contributed by atoms with van der Waals surface area (Å²) in [5.41, 5.74) is 0. The molecule has 0 saturated carbocycles. The van der Waals surface area contributed by atoms with Crippen molar-refractivity contribution < 1.29 is 17.9 Å². The second kappa shape index (κ2) is 7.22. The van der Waals surface area contributed by atoms with Crippen molar-refractivity contribution in [3.63, 3.8) is 0 Å². The Morgan fingerprint density at radius 2 is 1.71 bits per heavy atom. The molecule has 21 heavy (non-hydrogen) atoms. The molecule has 0 heterocycles. The van der Waals surface area contributed by atoms with Gasteiger partial charge >= 0.3 is 0 Å². The Kier molecular flexibility index (Phi) is 5.58. The number of benzene rings is 2. The first-order valence-electron chi connectivity index (χ1n) is 6.34. The normalized spacial score (nSPS) is 11.7. The average molecular weight is 374 g/mol. The molecule has 0 saturated heterocycles. The fourth-order valence-corrected chi connectivity index (χ4v) is 2.51. The highest BCUT2D eigenvalue weighted by atomic mass is 79.9. The van der Waals surface area contributed by atoms with Crippen LogP contribution in [0.25, 0.3) is 10.8 Å². The lowest BCUT2D eigenvalue weighted by atomic mass is 10.1. The first-order chi connectivity index (χ1) is 9.94. The van der Waals surface area contributed by atoms with Gasteiger partial charge in [-0.15, -0.1) is 0 Å². The highest BCUT2D eigenvalue weighted by molar-refractivity contribution is 9.10. The number of halogens is 1. The van der Waals surface area contributed by atoms with E-state index in [4.69, 9.17) is 14.6 Å². The number of sulfonamides is 1. The van der Waals surface area contributed by atoms with Crippen LogP contribution in [0.5, 0.6) is 5.75 Å². The zero-order chi connectivity index (χ0) is 15.3. The van der Waals surface area contributed by atoms with Crippen LogP contribution in [0.3, 0.4) is 0 Å². The van der Waals surface area contributed by atoms with Crippen LogP contribution in [0.1, 0.15) is 0 Å². The van der Waals surface area contributed by atoms with Crippen LogP contribution in [-0.4, -0.2) is 34.0 Å². The number of rotatable bonds is 7. The predicted octanol–water partition coefficient (Wildman–Crippen LogP) is 2.29. The van der Waals surface area contributed by atoms with E-state index in [2.05, 4.69) is 15.9 Å². The van der Waals surface area contributed by atoms with E-state index in [1.807, 2.05) is 36.4 Å². The minimum Gasteiger partial charge on any atom is -0.491 e. The number of fused-ring (bicyclic) bond motifs is 1. The molecule has 0 radical (unpaired) electrons. The zero-order valence-corrected chi connectivity index (χ0v) is 13.7. The van der Waals surface area contributed by atoms with Crippen LogP contribution in [0.15, 0.2) is 40.9 Å². The molecule has 2 rings (SSSR count). The monoisotopic (exact) mass is 373 g/mol. The van der Waals surface area contributed by atoms with Crippen LogP contribution >= 0.6 is 15.9 Å². The highest BCUT2D eigenvalue weighted by Crippen LogP contribution is 2.24. The van der Waals surface area contributed by atoms with Gasteiger partial charge in [-0.2, -0.15) is 0 Å². The summed E-state index contributed by atoms with van der Waals surface area (Å²) in [6.45, 7) is 0.745. The van der Waals surface area contributed by atoms with Gasteiger partial charge in [-0.1, -0.05) is 28.1 Å². The van der Waals surface area contributed by atoms with Crippen LogP contribution in [0.4, 0.5) is 0 Å². The molecular weight excluding hydrogens is 358 g/mol. The molecular formula is C14H16BrNO4S. The Hall–Kier alpha value is -1.15. The van der Waals surface area contributed by atoms with Gasteiger partial charge in [0.25, 0.3) is 0 Å². The summed E-state index contributed by atoms with van der Waals surface area (Å²) in [5.74, 6) is 0.567. The molecule has 0 aromatic heterocycles. The second-order valence-electron chi connectivity index (χ2n) is 4.48. The molecule has 0 aliphatic heterocycles.